The van der Waals surface area contributed by atoms with Crippen LogP contribution in [0.1, 0.15) is 47.7 Å². The van der Waals surface area contributed by atoms with E-state index in [9.17, 15) is 30.8 Å². The number of hydrogen-bond donors (Lipinski definition) is 1. The minimum Gasteiger partial charge on any atom is -0.351 e. The van der Waals surface area contributed by atoms with Crippen LogP contribution in [0.2, 0.25) is 0 Å². The predicted octanol–water partition coefficient (Wildman–Crippen LogP) is 4.35. The van der Waals surface area contributed by atoms with E-state index in [1.165, 1.54) is 4.31 Å². The van der Waals surface area contributed by atoms with E-state index in [0.717, 1.165) is 11.6 Å². The van der Waals surface area contributed by atoms with Crippen LogP contribution >= 0.6 is 0 Å². The number of nitrogens with zero attached hydrogens (tertiary/aromatic N) is 1. The fraction of sp³-hybridized carbons (Fsp3) is 0.435. The number of alkyl halides is 3. The molecule has 0 radical (unpaired) electrons. The van der Waals surface area contributed by atoms with E-state index in [0.29, 0.717) is 44.5 Å². The normalized spacial score (nSPS) is 17.0. The molecule has 0 atom stereocenters. The fourth-order valence-electron chi connectivity index (χ4n) is 4.18. The minimum absolute atomic E-state index is 0.0710. The monoisotopic (exact) mass is 486 g/mol. The van der Waals surface area contributed by atoms with Crippen molar-refractivity contribution in [3.05, 3.63) is 71.0 Å². The van der Waals surface area contributed by atoms with Crippen LogP contribution in [-0.2, 0) is 21.6 Å². The van der Waals surface area contributed by atoms with Gasteiger partial charge in [0.2, 0.25) is 10.0 Å². The first kappa shape index (κ1) is 25.2. The number of rotatable bonds is 7. The van der Waals surface area contributed by atoms with Gasteiger partial charge in [-0.05, 0) is 43.0 Å². The molecule has 1 N–H and O–H groups in total. The third-order valence-corrected chi connectivity index (χ3v) is 8.12. The Morgan fingerprint density at radius 2 is 1.73 bits per heavy atom. The number of amides is 1. The highest BCUT2D eigenvalue weighted by atomic mass is 32.2. The van der Waals surface area contributed by atoms with Crippen molar-refractivity contribution < 1.29 is 30.8 Å². The first-order valence-electron chi connectivity index (χ1n) is 10.7. The largest absolute Gasteiger partial charge is 0.419 e. The van der Waals surface area contributed by atoms with Crippen molar-refractivity contribution in [1.82, 2.24) is 9.62 Å². The Labute approximate surface area is 190 Å². The third kappa shape index (κ3) is 5.73. The molecule has 0 aromatic heterocycles. The second-order valence-corrected chi connectivity index (χ2v) is 10.3. The molecule has 1 saturated heterocycles. The molecule has 2 aromatic carbocycles. The van der Waals surface area contributed by atoms with Gasteiger partial charge < -0.3 is 5.32 Å². The Bertz CT molecular complexity index is 1080. The van der Waals surface area contributed by atoms with Crippen molar-refractivity contribution in [3.8, 4) is 0 Å². The van der Waals surface area contributed by atoms with Gasteiger partial charge in [-0.3, -0.25) is 4.79 Å². The number of carbonyl (C=O) groups excluding carboxylic acids is 1. The van der Waals surface area contributed by atoms with Gasteiger partial charge in [0.25, 0.3) is 5.91 Å². The molecule has 10 heteroatoms. The molecule has 1 heterocycles. The summed E-state index contributed by atoms with van der Waals surface area (Å²) in [6.45, 7) is 2.53. The molecule has 2 aromatic rings. The Morgan fingerprint density at radius 3 is 2.27 bits per heavy atom. The van der Waals surface area contributed by atoms with Crippen LogP contribution in [0.15, 0.2) is 48.5 Å². The molecule has 1 aliphatic heterocycles. The van der Waals surface area contributed by atoms with Gasteiger partial charge in [-0.2, -0.15) is 13.2 Å². The topological polar surface area (TPSA) is 66.5 Å². The van der Waals surface area contributed by atoms with Gasteiger partial charge in [0.15, 0.2) is 0 Å². The second kappa shape index (κ2) is 9.80. The lowest BCUT2D eigenvalue weighted by molar-refractivity contribution is -0.140. The summed E-state index contributed by atoms with van der Waals surface area (Å²) < 4.78 is 78.6. The summed E-state index contributed by atoms with van der Waals surface area (Å²) in [6, 6.07) is 11.4. The highest BCUT2D eigenvalue weighted by Crippen LogP contribution is 2.36. The zero-order valence-corrected chi connectivity index (χ0v) is 19.0. The first-order valence-corrected chi connectivity index (χ1v) is 12.3. The number of piperidine rings is 1. The smallest absolute Gasteiger partial charge is 0.351 e. The maximum atomic E-state index is 13.9. The Kier molecular flexibility index (Phi) is 7.48. The molecule has 0 unspecified atom stereocenters. The molecule has 0 saturated carbocycles. The maximum absolute atomic E-state index is 13.9. The van der Waals surface area contributed by atoms with Gasteiger partial charge in [-0.1, -0.05) is 37.3 Å². The molecule has 1 fully saturated rings. The van der Waals surface area contributed by atoms with Gasteiger partial charge >= 0.3 is 6.18 Å². The average molecular weight is 487 g/mol. The van der Waals surface area contributed by atoms with E-state index < -0.39 is 38.9 Å². The summed E-state index contributed by atoms with van der Waals surface area (Å²) >= 11 is 0. The van der Waals surface area contributed by atoms with Crippen LogP contribution < -0.4 is 5.32 Å². The highest BCUT2D eigenvalue weighted by Gasteiger charge is 2.39. The SMILES string of the molecule is CCCS(=O)(=O)N1CCC(CNC(=O)c2ccc(C(F)(F)F)c(F)c2)(c2ccccc2)CC1. The van der Waals surface area contributed by atoms with Gasteiger partial charge in [0.05, 0.1) is 11.3 Å². The number of nitrogens with one attached hydrogen (secondary N) is 1. The molecule has 180 valence electrons. The second-order valence-electron chi connectivity index (χ2n) is 8.24. The van der Waals surface area contributed by atoms with Crippen molar-refractivity contribution in [2.45, 2.75) is 37.8 Å². The van der Waals surface area contributed by atoms with E-state index in [2.05, 4.69) is 5.32 Å². The third-order valence-electron chi connectivity index (χ3n) is 6.05. The van der Waals surface area contributed by atoms with Gasteiger partial charge in [0.1, 0.15) is 5.82 Å². The number of carbonyl (C=O) groups is 1. The van der Waals surface area contributed by atoms with Gasteiger partial charge in [-0.25, -0.2) is 17.1 Å². The number of halogens is 4. The van der Waals surface area contributed by atoms with Crippen LogP contribution in [0, 0.1) is 5.82 Å². The summed E-state index contributed by atoms with van der Waals surface area (Å²) in [5, 5.41) is 2.72. The van der Waals surface area contributed by atoms with Crippen LogP contribution in [0.25, 0.3) is 0 Å². The molecule has 5 nitrogen and oxygen atoms in total. The molecule has 1 amide bonds. The lowest BCUT2D eigenvalue weighted by Gasteiger charge is -2.42. The summed E-state index contributed by atoms with van der Waals surface area (Å²) in [5.74, 6) is -2.14. The Morgan fingerprint density at radius 1 is 1.09 bits per heavy atom. The van der Waals surface area contributed by atoms with Crippen molar-refractivity contribution in [2.75, 3.05) is 25.4 Å². The molecular weight excluding hydrogens is 460 g/mol. The molecule has 0 bridgehead atoms. The van der Waals surface area contributed by atoms with Crippen LogP contribution in [0.5, 0.6) is 0 Å². The van der Waals surface area contributed by atoms with E-state index in [1.54, 1.807) is 6.92 Å². The van der Waals surface area contributed by atoms with E-state index in [-0.39, 0.29) is 17.9 Å². The summed E-state index contributed by atoms with van der Waals surface area (Å²) in [4.78, 5) is 12.6. The van der Waals surface area contributed by atoms with E-state index in [1.807, 2.05) is 30.3 Å². The maximum Gasteiger partial charge on any atom is 0.419 e. The molecular formula is C23H26F4N2O3S. The van der Waals surface area contributed by atoms with Crippen LogP contribution in [0.4, 0.5) is 17.6 Å². The molecule has 33 heavy (non-hydrogen) atoms. The highest BCUT2D eigenvalue weighted by molar-refractivity contribution is 7.89. The molecule has 3 rings (SSSR count). The summed E-state index contributed by atoms with van der Waals surface area (Å²) in [6.07, 6.45) is -3.41. The summed E-state index contributed by atoms with van der Waals surface area (Å²) in [7, 11) is -3.35. The quantitative estimate of drug-likeness (QED) is 0.592. The summed E-state index contributed by atoms with van der Waals surface area (Å²) in [5.41, 5.74) is -1.27. The predicted molar refractivity (Wildman–Crippen MR) is 117 cm³/mol. The Balaban J connectivity index is 1.78. The number of benzene rings is 2. The molecule has 0 spiro atoms. The van der Waals surface area contributed by atoms with E-state index >= 15 is 0 Å². The number of hydrogen-bond acceptors (Lipinski definition) is 3. The number of sulfonamides is 1. The van der Waals surface area contributed by atoms with E-state index in [4.69, 9.17) is 0 Å². The minimum atomic E-state index is -4.84. The fourth-order valence-corrected chi connectivity index (χ4v) is 5.69. The lowest BCUT2D eigenvalue weighted by atomic mass is 9.73. The van der Waals surface area contributed by atoms with Crippen LogP contribution in [0.3, 0.4) is 0 Å². The zero-order chi connectivity index (χ0) is 24.3. The molecule has 1 aliphatic rings. The van der Waals surface area contributed by atoms with Crippen molar-refractivity contribution in [3.63, 3.8) is 0 Å². The zero-order valence-electron chi connectivity index (χ0n) is 18.2. The first-order chi connectivity index (χ1) is 15.5. The van der Waals surface area contributed by atoms with Crippen molar-refractivity contribution >= 4 is 15.9 Å². The van der Waals surface area contributed by atoms with Gasteiger partial charge in [0, 0.05) is 30.6 Å². The molecule has 0 aliphatic carbocycles. The Hall–Kier alpha value is -2.46. The lowest BCUT2D eigenvalue weighted by Crippen LogP contribution is -2.50. The van der Waals surface area contributed by atoms with Crippen molar-refractivity contribution in [2.24, 2.45) is 0 Å². The van der Waals surface area contributed by atoms with Crippen LogP contribution in [-0.4, -0.2) is 44.0 Å². The standard InChI is InChI=1S/C23H26F4N2O3S/c1-2-14-33(31,32)29-12-10-22(11-13-29,18-6-4-3-5-7-18)16-28-21(30)17-8-9-19(20(24)15-17)23(25,26)27/h3-9,15H,2,10-14,16H2,1H3,(H,28,30). The van der Waals surface area contributed by atoms with Crippen molar-refractivity contribution in [1.29, 1.82) is 0 Å². The van der Waals surface area contributed by atoms with Gasteiger partial charge in [-0.15, -0.1) is 0 Å². The average Bonchev–Trinajstić information content (AvgIpc) is 2.77.